The molecule has 1 N–H and O–H groups in total. The lowest BCUT2D eigenvalue weighted by atomic mass is 10.2. The number of aliphatic hydroxyl groups excluding tert-OH is 1. The summed E-state index contributed by atoms with van der Waals surface area (Å²) >= 11 is 0. The van der Waals surface area contributed by atoms with Crippen LogP contribution >= 0.6 is 0 Å². The highest BCUT2D eigenvalue weighted by Crippen LogP contribution is 2.35. The minimum atomic E-state index is -0.0120. The van der Waals surface area contributed by atoms with Crippen LogP contribution in [0, 0.1) is 5.92 Å². The van der Waals surface area contributed by atoms with Gasteiger partial charge in [0.25, 0.3) is 0 Å². The summed E-state index contributed by atoms with van der Waals surface area (Å²) in [6, 6.07) is 4.42. The first kappa shape index (κ1) is 10.7. The van der Waals surface area contributed by atoms with E-state index in [0.29, 0.717) is 11.8 Å². The number of furan rings is 1. The van der Waals surface area contributed by atoms with E-state index in [-0.39, 0.29) is 6.61 Å². The summed E-state index contributed by atoms with van der Waals surface area (Å²) in [5.41, 5.74) is 0. The Morgan fingerprint density at radius 2 is 2.13 bits per heavy atom. The van der Waals surface area contributed by atoms with Gasteiger partial charge < -0.3 is 9.52 Å². The maximum atomic E-state index is 8.89. The second kappa shape index (κ2) is 4.37. The monoisotopic (exact) mass is 209 g/mol. The molecule has 0 spiro atoms. The van der Waals surface area contributed by atoms with E-state index in [0.717, 1.165) is 18.2 Å². The van der Waals surface area contributed by atoms with E-state index >= 15 is 0 Å². The number of aliphatic hydroxyl groups is 1. The molecular weight excluding hydrogens is 190 g/mol. The van der Waals surface area contributed by atoms with Crippen molar-refractivity contribution in [2.45, 2.75) is 39.0 Å². The van der Waals surface area contributed by atoms with Gasteiger partial charge in [0.05, 0.1) is 6.54 Å². The minimum Gasteiger partial charge on any atom is -0.462 e. The maximum Gasteiger partial charge on any atom is 0.129 e. The molecule has 3 nitrogen and oxygen atoms in total. The summed E-state index contributed by atoms with van der Waals surface area (Å²) in [7, 11) is 2.13. The second-order valence-electron chi connectivity index (χ2n) is 4.52. The highest BCUT2D eigenvalue weighted by atomic mass is 16.4. The molecule has 1 aliphatic rings. The van der Waals surface area contributed by atoms with Crippen molar-refractivity contribution < 1.29 is 9.52 Å². The van der Waals surface area contributed by atoms with Gasteiger partial charge in [0.1, 0.15) is 18.1 Å². The van der Waals surface area contributed by atoms with E-state index in [1.54, 1.807) is 0 Å². The summed E-state index contributed by atoms with van der Waals surface area (Å²) in [6.45, 7) is 3.09. The van der Waals surface area contributed by atoms with Crippen LogP contribution in [0.5, 0.6) is 0 Å². The van der Waals surface area contributed by atoms with Gasteiger partial charge in [-0.25, -0.2) is 0 Å². The highest BCUT2D eigenvalue weighted by molar-refractivity contribution is 5.06. The zero-order chi connectivity index (χ0) is 10.8. The first-order chi connectivity index (χ1) is 7.20. The van der Waals surface area contributed by atoms with E-state index in [2.05, 4.69) is 18.9 Å². The Hall–Kier alpha value is -0.800. The summed E-state index contributed by atoms with van der Waals surface area (Å²) in [4.78, 5) is 2.32. The van der Waals surface area contributed by atoms with Crippen LogP contribution in [0.3, 0.4) is 0 Å². The standard InChI is InChI=1S/C12H19NO2/c1-9(10-3-4-10)13(2)7-11-5-6-12(8-14)15-11/h5-6,9-10,14H,3-4,7-8H2,1-2H3. The van der Waals surface area contributed by atoms with Crippen molar-refractivity contribution >= 4 is 0 Å². The molecule has 1 heterocycles. The van der Waals surface area contributed by atoms with Crippen LogP contribution in [0.1, 0.15) is 31.3 Å². The predicted octanol–water partition coefficient (Wildman–Crippen LogP) is 2.00. The van der Waals surface area contributed by atoms with Gasteiger partial charge in [-0.15, -0.1) is 0 Å². The van der Waals surface area contributed by atoms with Gasteiger partial charge in [0.2, 0.25) is 0 Å². The Morgan fingerprint density at radius 1 is 1.47 bits per heavy atom. The molecule has 84 valence electrons. The lowest BCUT2D eigenvalue weighted by Gasteiger charge is -2.23. The molecule has 0 bridgehead atoms. The average molecular weight is 209 g/mol. The van der Waals surface area contributed by atoms with Crippen LogP contribution in [0.15, 0.2) is 16.5 Å². The van der Waals surface area contributed by atoms with Crippen molar-refractivity contribution in [3.8, 4) is 0 Å². The number of hydrogen-bond donors (Lipinski definition) is 1. The SMILES string of the molecule is CC(C1CC1)N(C)Cc1ccc(CO)o1. The van der Waals surface area contributed by atoms with Gasteiger partial charge >= 0.3 is 0 Å². The van der Waals surface area contributed by atoms with E-state index in [4.69, 9.17) is 9.52 Å². The van der Waals surface area contributed by atoms with E-state index in [9.17, 15) is 0 Å². The van der Waals surface area contributed by atoms with Crippen LogP contribution in [0.4, 0.5) is 0 Å². The van der Waals surface area contributed by atoms with Crippen molar-refractivity contribution in [1.29, 1.82) is 0 Å². The summed E-state index contributed by atoms with van der Waals surface area (Å²) < 4.78 is 5.46. The van der Waals surface area contributed by atoms with E-state index in [1.807, 2.05) is 12.1 Å². The Bertz CT molecular complexity index is 317. The normalized spacial score (nSPS) is 18.4. The molecule has 0 amide bonds. The van der Waals surface area contributed by atoms with E-state index < -0.39 is 0 Å². The molecule has 1 aromatic rings. The molecule has 3 heteroatoms. The van der Waals surface area contributed by atoms with Gasteiger partial charge in [-0.2, -0.15) is 0 Å². The number of rotatable bonds is 5. The molecule has 1 fully saturated rings. The summed E-state index contributed by atoms with van der Waals surface area (Å²) in [6.07, 6.45) is 2.73. The summed E-state index contributed by atoms with van der Waals surface area (Å²) in [5.74, 6) is 2.47. The topological polar surface area (TPSA) is 36.6 Å². The predicted molar refractivity (Wildman–Crippen MR) is 58.3 cm³/mol. The number of nitrogens with zero attached hydrogens (tertiary/aromatic N) is 1. The van der Waals surface area contributed by atoms with Crippen molar-refractivity contribution in [3.63, 3.8) is 0 Å². The van der Waals surface area contributed by atoms with Crippen molar-refractivity contribution in [1.82, 2.24) is 4.90 Å². The maximum absolute atomic E-state index is 8.89. The van der Waals surface area contributed by atoms with Crippen LogP contribution in [0.2, 0.25) is 0 Å². The molecule has 0 aliphatic heterocycles. The molecule has 1 aromatic heterocycles. The lowest BCUT2D eigenvalue weighted by Crippen LogP contribution is -2.29. The molecule has 1 atom stereocenters. The third kappa shape index (κ3) is 2.61. The van der Waals surface area contributed by atoms with Crippen LogP contribution in [0.25, 0.3) is 0 Å². The quantitative estimate of drug-likeness (QED) is 0.805. The van der Waals surface area contributed by atoms with Gasteiger partial charge in [-0.1, -0.05) is 0 Å². The molecule has 0 aromatic carbocycles. The smallest absolute Gasteiger partial charge is 0.129 e. The minimum absolute atomic E-state index is 0.0120. The zero-order valence-corrected chi connectivity index (χ0v) is 9.44. The Morgan fingerprint density at radius 3 is 2.67 bits per heavy atom. The van der Waals surface area contributed by atoms with Crippen LogP contribution in [-0.2, 0) is 13.2 Å². The molecule has 0 radical (unpaired) electrons. The Labute approximate surface area is 90.7 Å². The molecule has 1 saturated carbocycles. The second-order valence-corrected chi connectivity index (χ2v) is 4.52. The van der Waals surface area contributed by atoms with Gasteiger partial charge in [-0.3, -0.25) is 4.90 Å². The first-order valence-electron chi connectivity index (χ1n) is 5.59. The third-order valence-corrected chi connectivity index (χ3v) is 3.28. The molecule has 15 heavy (non-hydrogen) atoms. The van der Waals surface area contributed by atoms with E-state index in [1.165, 1.54) is 12.8 Å². The molecule has 1 aliphatic carbocycles. The van der Waals surface area contributed by atoms with Gasteiger partial charge in [0, 0.05) is 6.04 Å². The molecule has 2 rings (SSSR count). The number of hydrogen-bond acceptors (Lipinski definition) is 3. The molecule has 1 unspecified atom stereocenters. The Kier molecular flexibility index (Phi) is 3.12. The fourth-order valence-electron chi connectivity index (χ4n) is 1.92. The van der Waals surface area contributed by atoms with Crippen molar-refractivity contribution in [2.24, 2.45) is 5.92 Å². The third-order valence-electron chi connectivity index (χ3n) is 3.28. The fraction of sp³-hybridized carbons (Fsp3) is 0.667. The Balaban J connectivity index is 1.89. The average Bonchev–Trinajstić information content (AvgIpc) is 2.98. The van der Waals surface area contributed by atoms with Crippen molar-refractivity contribution in [2.75, 3.05) is 7.05 Å². The van der Waals surface area contributed by atoms with Crippen LogP contribution in [-0.4, -0.2) is 23.1 Å². The summed E-state index contributed by atoms with van der Waals surface area (Å²) in [5, 5.41) is 8.89. The molecule has 0 saturated heterocycles. The van der Waals surface area contributed by atoms with Crippen LogP contribution < -0.4 is 0 Å². The highest BCUT2D eigenvalue weighted by Gasteiger charge is 2.30. The first-order valence-corrected chi connectivity index (χ1v) is 5.59. The lowest BCUT2D eigenvalue weighted by molar-refractivity contribution is 0.198. The van der Waals surface area contributed by atoms with Gasteiger partial charge in [0.15, 0.2) is 0 Å². The fourth-order valence-corrected chi connectivity index (χ4v) is 1.92. The largest absolute Gasteiger partial charge is 0.462 e. The van der Waals surface area contributed by atoms with Crippen molar-refractivity contribution in [3.05, 3.63) is 23.7 Å². The molecular formula is C12H19NO2. The zero-order valence-electron chi connectivity index (χ0n) is 9.44. The van der Waals surface area contributed by atoms with Gasteiger partial charge in [-0.05, 0) is 44.9 Å².